The van der Waals surface area contributed by atoms with Crippen LogP contribution in [-0.2, 0) is 0 Å². The third-order valence-electron chi connectivity index (χ3n) is 4.20. The number of aliphatic hydroxyl groups is 1. The van der Waals surface area contributed by atoms with Gasteiger partial charge >= 0.3 is 0 Å². The minimum atomic E-state index is -0.953. The Morgan fingerprint density at radius 3 is 2.41 bits per heavy atom. The number of aliphatic hydroxyl groups excluding tert-OH is 1. The first-order chi connectivity index (χ1) is 12.7. The van der Waals surface area contributed by atoms with E-state index >= 15 is 0 Å². The molecule has 1 heterocycles. The molecule has 0 radical (unpaired) electrons. The molecule has 0 aliphatic carbocycles. The number of nitrogens with one attached hydrogen (secondary N) is 1. The van der Waals surface area contributed by atoms with E-state index in [1.54, 1.807) is 6.92 Å². The summed E-state index contributed by atoms with van der Waals surface area (Å²) < 4.78 is 9.19. The van der Waals surface area contributed by atoms with Crippen LogP contribution in [0.25, 0.3) is 22.3 Å². The van der Waals surface area contributed by atoms with Gasteiger partial charge in [-0.2, -0.15) is 0 Å². The summed E-state index contributed by atoms with van der Waals surface area (Å²) >= 11 is 1.44. The molecule has 27 heavy (non-hydrogen) atoms. The first-order valence-electron chi connectivity index (χ1n) is 8.92. The molecule has 0 aliphatic heterocycles. The number of rotatable bonds is 4. The van der Waals surface area contributed by atoms with Crippen LogP contribution < -0.4 is 10.2 Å². The van der Waals surface area contributed by atoms with Gasteiger partial charge in [0.25, 0.3) is 0 Å². The molecule has 0 fully saturated rings. The normalized spacial score (nSPS) is 13.1. The summed E-state index contributed by atoms with van der Waals surface area (Å²) in [7, 11) is 0. The van der Waals surface area contributed by atoms with Crippen LogP contribution in [0.3, 0.4) is 0 Å². The predicted octanol–water partition coefficient (Wildman–Crippen LogP) is 5.10. The second-order valence-corrected chi connectivity index (χ2v) is 9.38. The maximum atomic E-state index is 13.0. The number of hydrogen-bond donors (Lipinski definition) is 2. The van der Waals surface area contributed by atoms with Crippen molar-refractivity contribution in [1.29, 1.82) is 0 Å². The highest BCUT2D eigenvalue weighted by Crippen LogP contribution is 2.31. The summed E-state index contributed by atoms with van der Waals surface area (Å²) in [6.07, 6.45) is -0.953. The van der Waals surface area contributed by atoms with E-state index in [2.05, 4.69) is 25.5 Å². The summed E-state index contributed by atoms with van der Waals surface area (Å²) in [5.41, 5.74) is 3.22. The zero-order chi connectivity index (χ0) is 19.8. The lowest BCUT2D eigenvalue weighted by Gasteiger charge is -2.22. The molecule has 0 bridgehead atoms. The Balaban J connectivity index is 2.20. The van der Waals surface area contributed by atoms with Gasteiger partial charge in [0.05, 0.1) is 5.39 Å². The van der Waals surface area contributed by atoms with Crippen LogP contribution in [0.5, 0.6) is 0 Å². The summed E-state index contributed by atoms with van der Waals surface area (Å²) in [5.74, 6) is 0.536. The molecule has 1 atom stereocenters. The van der Waals surface area contributed by atoms with Gasteiger partial charge < -0.3 is 9.52 Å². The van der Waals surface area contributed by atoms with E-state index in [1.165, 1.54) is 11.9 Å². The Morgan fingerprint density at radius 1 is 1.11 bits per heavy atom. The maximum absolute atomic E-state index is 13.0. The molecule has 0 saturated heterocycles. The first-order valence-corrected chi connectivity index (χ1v) is 9.74. The van der Waals surface area contributed by atoms with Gasteiger partial charge in [0, 0.05) is 21.4 Å². The van der Waals surface area contributed by atoms with Gasteiger partial charge in [0.2, 0.25) is 0 Å². The topological polar surface area (TPSA) is 62.5 Å². The van der Waals surface area contributed by atoms with Crippen molar-refractivity contribution >= 4 is 22.9 Å². The van der Waals surface area contributed by atoms with Gasteiger partial charge in [0.15, 0.2) is 5.43 Å². The van der Waals surface area contributed by atoms with Crippen LogP contribution in [-0.4, -0.2) is 9.85 Å². The highest BCUT2D eigenvalue weighted by molar-refractivity contribution is 7.98. The van der Waals surface area contributed by atoms with Gasteiger partial charge in [-0.05, 0) is 52.3 Å². The Labute approximate surface area is 163 Å². The van der Waals surface area contributed by atoms with E-state index in [-0.39, 0.29) is 10.2 Å². The standard InChI is InChI=1S/C22H25NO3S/c1-13-11-16-18(24)14(2)19(15-9-7-6-8-10-15)26-20(16)17(12-13)21(25)23-27-22(3,4)5/h6-12,21,23,25H,1-5H3. The van der Waals surface area contributed by atoms with Crippen molar-refractivity contribution in [3.8, 4) is 11.3 Å². The molecule has 1 unspecified atom stereocenters. The van der Waals surface area contributed by atoms with E-state index in [0.717, 1.165) is 11.1 Å². The van der Waals surface area contributed by atoms with Crippen molar-refractivity contribution in [2.45, 2.75) is 45.6 Å². The van der Waals surface area contributed by atoms with Crippen molar-refractivity contribution in [2.75, 3.05) is 0 Å². The van der Waals surface area contributed by atoms with E-state index in [9.17, 15) is 9.90 Å². The van der Waals surface area contributed by atoms with Crippen LogP contribution in [0.2, 0.25) is 0 Å². The minimum Gasteiger partial charge on any atom is -0.455 e. The van der Waals surface area contributed by atoms with Crippen LogP contribution >= 0.6 is 11.9 Å². The summed E-state index contributed by atoms with van der Waals surface area (Å²) in [4.78, 5) is 13.0. The molecule has 3 aromatic rings. The zero-order valence-corrected chi connectivity index (χ0v) is 17.1. The van der Waals surface area contributed by atoms with Crippen LogP contribution in [0, 0.1) is 13.8 Å². The fourth-order valence-corrected chi connectivity index (χ4v) is 3.52. The van der Waals surface area contributed by atoms with Crippen molar-refractivity contribution < 1.29 is 9.52 Å². The van der Waals surface area contributed by atoms with E-state index in [1.807, 2.05) is 49.4 Å². The van der Waals surface area contributed by atoms with Gasteiger partial charge in [-0.15, -0.1) is 0 Å². The Kier molecular flexibility index (Phi) is 5.47. The van der Waals surface area contributed by atoms with Gasteiger partial charge in [-0.3, -0.25) is 4.79 Å². The van der Waals surface area contributed by atoms with Crippen LogP contribution in [0.1, 0.15) is 43.7 Å². The molecule has 3 rings (SSSR count). The van der Waals surface area contributed by atoms with Crippen molar-refractivity contribution in [1.82, 2.24) is 4.72 Å². The molecule has 2 N–H and O–H groups in total. The van der Waals surface area contributed by atoms with Crippen molar-refractivity contribution in [3.05, 3.63) is 69.4 Å². The fraction of sp³-hybridized carbons (Fsp3) is 0.318. The van der Waals surface area contributed by atoms with Crippen molar-refractivity contribution in [3.63, 3.8) is 0 Å². The average Bonchev–Trinajstić information content (AvgIpc) is 2.62. The third kappa shape index (κ3) is 4.26. The smallest absolute Gasteiger partial charge is 0.196 e. The number of aryl methyl sites for hydroxylation is 1. The molecule has 2 aromatic carbocycles. The number of benzene rings is 2. The minimum absolute atomic E-state index is 0.0623. The zero-order valence-electron chi connectivity index (χ0n) is 16.3. The molecule has 0 amide bonds. The van der Waals surface area contributed by atoms with Crippen molar-refractivity contribution in [2.24, 2.45) is 0 Å². The van der Waals surface area contributed by atoms with Gasteiger partial charge in [-0.25, -0.2) is 4.72 Å². The highest BCUT2D eigenvalue weighted by atomic mass is 32.2. The van der Waals surface area contributed by atoms with E-state index in [4.69, 9.17) is 4.42 Å². The molecular weight excluding hydrogens is 358 g/mol. The number of fused-ring (bicyclic) bond motifs is 1. The molecule has 0 aliphatic rings. The number of hydrogen-bond acceptors (Lipinski definition) is 5. The van der Waals surface area contributed by atoms with Gasteiger partial charge in [-0.1, -0.05) is 42.3 Å². The lowest BCUT2D eigenvalue weighted by atomic mass is 10.0. The molecule has 1 aromatic heterocycles. The predicted molar refractivity (Wildman–Crippen MR) is 113 cm³/mol. The first kappa shape index (κ1) is 19.7. The molecule has 0 saturated carbocycles. The lowest BCUT2D eigenvalue weighted by molar-refractivity contribution is 0.170. The Hall–Kier alpha value is -2.08. The summed E-state index contributed by atoms with van der Waals surface area (Å²) in [6.45, 7) is 9.86. The quantitative estimate of drug-likeness (QED) is 0.484. The van der Waals surface area contributed by atoms with E-state index in [0.29, 0.717) is 27.9 Å². The molecular formula is C22H25NO3S. The Bertz CT molecular complexity index is 1020. The SMILES string of the molecule is Cc1cc(C(O)NSC(C)(C)C)c2oc(-c3ccccc3)c(C)c(=O)c2c1. The second kappa shape index (κ2) is 7.50. The molecule has 142 valence electrons. The summed E-state index contributed by atoms with van der Waals surface area (Å²) in [5, 5.41) is 11.2. The van der Waals surface area contributed by atoms with Crippen LogP contribution in [0.4, 0.5) is 0 Å². The Morgan fingerprint density at radius 2 is 1.78 bits per heavy atom. The van der Waals surface area contributed by atoms with Crippen LogP contribution in [0.15, 0.2) is 51.7 Å². The second-order valence-electron chi connectivity index (χ2n) is 7.72. The fourth-order valence-electron chi connectivity index (χ4n) is 2.93. The summed E-state index contributed by atoms with van der Waals surface area (Å²) in [6, 6.07) is 13.2. The largest absolute Gasteiger partial charge is 0.455 e. The third-order valence-corrected chi connectivity index (χ3v) is 5.15. The molecule has 5 heteroatoms. The average molecular weight is 384 g/mol. The maximum Gasteiger partial charge on any atom is 0.196 e. The molecule has 0 spiro atoms. The molecule has 4 nitrogen and oxygen atoms in total. The highest BCUT2D eigenvalue weighted by Gasteiger charge is 2.21. The monoisotopic (exact) mass is 383 g/mol. The lowest BCUT2D eigenvalue weighted by Crippen LogP contribution is -2.22. The van der Waals surface area contributed by atoms with E-state index < -0.39 is 6.23 Å². The van der Waals surface area contributed by atoms with Gasteiger partial charge in [0.1, 0.15) is 17.6 Å².